The van der Waals surface area contributed by atoms with Gasteiger partial charge < -0.3 is 25.0 Å². The number of hydrogen-bond donors (Lipinski definition) is 1. The fraction of sp³-hybridized carbons (Fsp3) is 0.550. The maximum absolute atomic E-state index is 12.9. The number of piperazine rings is 1. The normalized spacial score (nSPS) is 16.6. The minimum atomic E-state index is -0.336. The number of amides is 1. The Morgan fingerprint density at radius 1 is 1.30 bits per heavy atom. The van der Waals surface area contributed by atoms with Crippen LogP contribution >= 0.6 is 23.8 Å². The van der Waals surface area contributed by atoms with Crippen molar-refractivity contribution in [2.24, 2.45) is 0 Å². The number of hydroxylamine groups is 3. The molecule has 30 heavy (non-hydrogen) atoms. The highest BCUT2D eigenvalue weighted by Gasteiger charge is 2.28. The van der Waals surface area contributed by atoms with E-state index in [1.165, 1.54) is 4.90 Å². The summed E-state index contributed by atoms with van der Waals surface area (Å²) in [7, 11) is 5.10. The number of nitrogens with one attached hydrogen (secondary N) is 1. The number of nitrogens with zero attached hydrogens (tertiary/aromatic N) is 5. The second-order valence-corrected chi connectivity index (χ2v) is 9.97. The molecule has 2 aromatic rings. The van der Waals surface area contributed by atoms with Gasteiger partial charge in [0.05, 0.1) is 55.0 Å². The van der Waals surface area contributed by atoms with Gasteiger partial charge in [-0.25, -0.2) is 14.3 Å². The molecule has 0 unspecified atom stereocenters. The van der Waals surface area contributed by atoms with Crippen molar-refractivity contribution in [3.63, 3.8) is 0 Å². The first-order valence-electron chi connectivity index (χ1n) is 9.86. The molecule has 10 heteroatoms. The van der Waals surface area contributed by atoms with Crippen LogP contribution in [-0.4, -0.2) is 82.5 Å². The summed E-state index contributed by atoms with van der Waals surface area (Å²) in [5.74, 6) is 0.663. The zero-order chi connectivity index (χ0) is 22.4. The Morgan fingerprint density at radius 2 is 1.90 bits per heavy atom. The summed E-state index contributed by atoms with van der Waals surface area (Å²) < 4.78 is 1.37. The van der Waals surface area contributed by atoms with Gasteiger partial charge in [0.2, 0.25) is 0 Å². The second kappa shape index (κ2) is 7.96. The van der Waals surface area contributed by atoms with Crippen LogP contribution in [0.15, 0.2) is 12.1 Å². The van der Waals surface area contributed by atoms with E-state index in [1.807, 2.05) is 31.7 Å². The average Bonchev–Trinajstić information content (AvgIpc) is 2.99. The van der Waals surface area contributed by atoms with Crippen molar-refractivity contribution in [2.45, 2.75) is 26.2 Å². The molecular formula is C20H29ClN6O2S. The molecule has 1 aliphatic heterocycles. The number of likely N-dealkylation sites (N-methyl/N-ethyl adjacent to an activating group) is 1. The van der Waals surface area contributed by atoms with Crippen LogP contribution in [0.3, 0.4) is 0 Å². The summed E-state index contributed by atoms with van der Waals surface area (Å²) in [6, 6.07) is 3.38. The minimum Gasteiger partial charge on any atom is -0.633 e. The van der Waals surface area contributed by atoms with Crippen LogP contribution < -0.4 is 5.32 Å². The number of quaternary nitrogens is 1. The molecule has 1 aromatic heterocycles. The lowest BCUT2D eigenvalue weighted by molar-refractivity contribution is -0.864. The third-order valence-electron chi connectivity index (χ3n) is 5.20. The lowest BCUT2D eigenvalue weighted by Crippen LogP contribution is -2.55. The molecule has 8 nitrogen and oxygen atoms in total. The first kappa shape index (κ1) is 22.7. The number of anilines is 1. The number of rotatable bonds is 1. The van der Waals surface area contributed by atoms with E-state index in [0.29, 0.717) is 58.9 Å². The molecule has 2 heterocycles. The van der Waals surface area contributed by atoms with Crippen LogP contribution in [0, 0.1) is 5.21 Å². The Bertz CT molecular complexity index is 985. The van der Waals surface area contributed by atoms with Crippen molar-refractivity contribution in [1.82, 2.24) is 19.4 Å². The number of fused-ring (bicyclic) bond motifs is 1. The third kappa shape index (κ3) is 4.54. The van der Waals surface area contributed by atoms with Crippen LogP contribution in [0.2, 0.25) is 5.02 Å². The van der Waals surface area contributed by atoms with Crippen LogP contribution in [0.1, 0.15) is 26.6 Å². The molecule has 164 valence electrons. The van der Waals surface area contributed by atoms with Crippen molar-refractivity contribution in [1.29, 1.82) is 0 Å². The molecule has 1 fully saturated rings. The predicted molar refractivity (Wildman–Crippen MR) is 125 cm³/mol. The quantitative estimate of drug-likeness (QED) is 0.405. The molecule has 0 radical (unpaired) electrons. The van der Waals surface area contributed by atoms with E-state index < -0.39 is 0 Å². The van der Waals surface area contributed by atoms with Gasteiger partial charge in [0, 0.05) is 19.5 Å². The van der Waals surface area contributed by atoms with Crippen molar-refractivity contribution in [3.05, 3.63) is 28.2 Å². The van der Waals surface area contributed by atoms with E-state index in [0.717, 1.165) is 0 Å². The predicted octanol–water partition coefficient (Wildman–Crippen LogP) is 3.47. The van der Waals surface area contributed by atoms with Gasteiger partial charge >= 0.3 is 6.03 Å². The molecule has 1 aliphatic rings. The summed E-state index contributed by atoms with van der Waals surface area (Å²) in [6.07, 6.45) is 0. The monoisotopic (exact) mass is 452 g/mol. The number of benzene rings is 1. The molecule has 0 spiro atoms. The van der Waals surface area contributed by atoms with E-state index >= 15 is 0 Å². The smallest absolute Gasteiger partial charge is 0.329 e. The zero-order valence-electron chi connectivity index (χ0n) is 18.3. The van der Waals surface area contributed by atoms with Crippen molar-refractivity contribution in [3.8, 4) is 0 Å². The number of halogens is 1. The first-order valence-corrected chi connectivity index (χ1v) is 10.6. The Balaban J connectivity index is 1.99. The number of hydrogen-bond acceptors (Lipinski definition) is 4. The summed E-state index contributed by atoms with van der Waals surface area (Å²) in [6.45, 7) is 8.17. The molecule has 0 bridgehead atoms. The molecule has 0 aliphatic carbocycles. The number of aromatic nitrogens is 2. The van der Waals surface area contributed by atoms with Gasteiger partial charge in [0.15, 0.2) is 5.11 Å². The molecule has 1 saturated heterocycles. The fourth-order valence-corrected chi connectivity index (χ4v) is 3.87. The van der Waals surface area contributed by atoms with Gasteiger partial charge in [-0.1, -0.05) is 32.4 Å². The summed E-state index contributed by atoms with van der Waals surface area (Å²) in [5.41, 5.74) is 1.58. The molecule has 1 aromatic carbocycles. The molecule has 3 rings (SSSR count). The molecular weight excluding hydrogens is 424 g/mol. The van der Waals surface area contributed by atoms with Gasteiger partial charge in [-0.2, -0.15) is 0 Å². The fourth-order valence-electron chi connectivity index (χ4n) is 3.38. The van der Waals surface area contributed by atoms with Gasteiger partial charge in [-0.3, -0.25) is 0 Å². The summed E-state index contributed by atoms with van der Waals surface area (Å²) in [5, 5.41) is 16.2. The maximum Gasteiger partial charge on any atom is 0.329 e. The number of imidazole rings is 1. The highest BCUT2D eigenvalue weighted by atomic mass is 35.5. The Hall–Kier alpha value is -1.94. The lowest BCUT2D eigenvalue weighted by atomic mass is 9.96. The van der Waals surface area contributed by atoms with Crippen LogP contribution in [0.4, 0.5) is 10.5 Å². The average molecular weight is 453 g/mol. The van der Waals surface area contributed by atoms with Gasteiger partial charge in [0.1, 0.15) is 5.82 Å². The minimum absolute atomic E-state index is 0.179. The standard InChI is InChI=1S/C20H29ClN6O2S/c1-20(2,3)17-22-15-11-13(21)14(12-16(15)26(17)19(28)24(4)5)23-18(30)25-7-9-27(6,29)10-8-25/h11-12H,7-10H2,1-6H3,(H,23,30). The zero-order valence-corrected chi connectivity index (χ0v) is 19.9. The van der Waals surface area contributed by atoms with E-state index in [2.05, 4.69) is 5.32 Å². The Kier molecular flexibility index (Phi) is 6.03. The largest absolute Gasteiger partial charge is 0.633 e. The van der Waals surface area contributed by atoms with Crippen molar-refractivity contribution < 1.29 is 9.44 Å². The molecule has 0 saturated carbocycles. The second-order valence-electron chi connectivity index (χ2n) is 9.18. The lowest BCUT2D eigenvalue weighted by Gasteiger charge is -2.45. The molecule has 1 N–H and O–H groups in total. The van der Waals surface area contributed by atoms with Crippen LogP contribution in [0.25, 0.3) is 11.0 Å². The van der Waals surface area contributed by atoms with Gasteiger partial charge in [-0.05, 0) is 24.4 Å². The summed E-state index contributed by atoms with van der Waals surface area (Å²) in [4.78, 5) is 21.1. The maximum atomic E-state index is 12.9. The van der Waals surface area contributed by atoms with Crippen molar-refractivity contribution >= 4 is 51.7 Å². The number of carbonyl (C=O) groups is 1. The van der Waals surface area contributed by atoms with E-state index in [1.54, 1.807) is 31.8 Å². The topological polar surface area (TPSA) is 76.5 Å². The van der Waals surface area contributed by atoms with Crippen LogP contribution in [0.5, 0.6) is 0 Å². The van der Waals surface area contributed by atoms with E-state index in [4.69, 9.17) is 28.8 Å². The highest BCUT2D eigenvalue weighted by molar-refractivity contribution is 7.80. The third-order valence-corrected chi connectivity index (χ3v) is 5.88. The van der Waals surface area contributed by atoms with Gasteiger partial charge in [-0.15, -0.1) is 0 Å². The number of carbonyl (C=O) groups excluding carboxylic acids is 1. The van der Waals surface area contributed by atoms with E-state index in [-0.39, 0.29) is 16.1 Å². The highest BCUT2D eigenvalue weighted by Crippen LogP contribution is 2.32. The van der Waals surface area contributed by atoms with Gasteiger partial charge in [0.25, 0.3) is 0 Å². The first-order chi connectivity index (χ1) is 13.8. The Labute approximate surface area is 187 Å². The van der Waals surface area contributed by atoms with Crippen LogP contribution in [-0.2, 0) is 5.41 Å². The Morgan fingerprint density at radius 3 is 2.43 bits per heavy atom. The SMILES string of the molecule is CN(C)C(=O)n1c(C(C)(C)C)nc2cc(Cl)c(NC(=S)N3CC[N+](C)([O-])CC3)cc21. The summed E-state index contributed by atoms with van der Waals surface area (Å²) >= 11 is 12.1. The van der Waals surface area contributed by atoms with Crippen molar-refractivity contribution in [2.75, 3.05) is 52.6 Å². The van der Waals surface area contributed by atoms with E-state index in [9.17, 15) is 10.0 Å². The number of thiocarbonyl (C=S) groups is 1. The molecule has 0 atom stereocenters. The molecule has 1 amide bonds.